The van der Waals surface area contributed by atoms with Gasteiger partial charge in [0.15, 0.2) is 17.0 Å². The number of hydrogen-bond donors (Lipinski definition) is 1. The van der Waals surface area contributed by atoms with Gasteiger partial charge in [0.05, 0.1) is 19.1 Å². The van der Waals surface area contributed by atoms with Crippen LogP contribution in [0.5, 0.6) is 5.75 Å². The number of imidazole rings is 1. The first kappa shape index (κ1) is 13.6. The van der Waals surface area contributed by atoms with Crippen LogP contribution in [0.4, 0.5) is 11.5 Å². The standard InChI is InChI=1S/C14H14ClN5O/c1-3-20-8-18-12-13(16-7-17-14(12)20)19-10-6-9(15)4-5-11(10)21-2/h4-8H,3H2,1-2H3,(H,16,17,19). The number of hydrogen-bond acceptors (Lipinski definition) is 5. The number of anilines is 2. The van der Waals surface area contributed by atoms with Crippen LogP contribution in [0.1, 0.15) is 6.92 Å². The molecule has 0 saturated heterocycles. The summed E-state index contributed by atoms with van der Waals surface area (Å²) >= 11 is 6.04. The van der Waals surface area contributed by atoms with Crippen LogP contribution in [0.25, 0.3) is 11.2 Å². The lowest BCUT2D eigenvalue weighted by Crippen LogP contribution is -1.99. The topological polar surface area (TPSA) is 64.9 Å². The summed E-state index contributed by atoms with van der Waals surface area (Å²) in [4.78, 5) is 12.9. The van der Waals surface area contributed by atoms with Gasteiger partial charge in [-0.15, -0.1) is 0 Å². The minimum absolute atomic E-state index is 0.614. The van der Waals surface area contributed by atoms with E-state index in [1.165, 1.54) is 6.33 Å². The average Bonchev–Trinajstić information content (AvgIpc) is 2.92. The van der Waals surface area contributed by atoms with Gasteiger partial charge >= 0.3 is 0 Å². The van der Waals surface area contributed by atoms with Crippen LogP contribution in [-0.2, 0) is 6.54 Å². The fourth-order valence-electron chi connectivity index (χ4n) is 2.11. The van der Waals surface area contributed by atoms with Crippen molar-refractivity contribution in [3.05, 3.63) is 35.9 Å². The van der Waals surface area contributed by atoms with Crippen molar-refractivity contribution < 1.29 is 4.74 Å². The molecule has 0 fully saturated rings. The van der Waals surface area contributed by atoms with Crippen LogP contribution in [0.2, 0.25) is 5.02 Å². The quantitative estimate of drug-likeness (QED) is 0.801. The molecule has 108 valence electrons. The highest BCUT2D eigenvalue weighted by molar-refractivity contribution is 6.31. The molecule has 0 unspecified atom stereocenters. The Kier molecular flexibility index (Phi) is 3.62. The highest BCUT2D eigenvalue weighted by Crippen LogP contribution is 2.31. The maximum absolute atomic E-state index is 6.04. The van der Waals surface area contributed by atoms with Crippen LogP contribution < -0.4 is 10.1 Å². The smallest absolute Gasteiger partial charge is 0.165 e. The van der Waals surface area contributed by atoms with Gasteiger partial charge < -0.3 is 14.6 Å². The molecule has 0 bridgehead atoms. The van der Waals surface area contributed by atoms with Crippen molar-refractivity contribution in [1.29, 1.82) is 0 Å². The number of nitrogens with one attached hydrogen (secondary N) is 1. The number of methoxy groups -OCH3 is 1. The summed E-state index contributed by atoms with van der Waals surface area (Å²) in [5, 5.41) is 3.82. The lowest BCUT2D eigenvalue weighted by molar-refractivity contribution is 0.417. The minimum atomic E-state index is 0.614. The van der Waals surface area contributed by atoms with Crippen LogP contribution in [-0.4, -0.2) is 26.6 Å². The van der Waals surface area contributed by atoms with Crippen molar-refractivity contribution in [1.82, 2.24) is 19.5 Å². The molecule has 0 aliphatic heterocycles. The molecular weight excluding hydrogens is 290 g/mol. The van der Waals surface area contributed by atoms with Crippen molar-refractivity contribution in [2.45, 2.75) is 13.5 Å². The number of benzene rings is 1. The fourth-order valence-corrected chi connectivity index (χ4v) is 2.28. The van der Waals surface area contributed by atoms with Crippen molar-refractivity contribution >= 4 is 34.3 Å². The largest absolute Gasteiger partial charge is 0.495 e. The Balaban J connectivity index is 2.06. The zero-order chi connectivity index (χ0) is 14.8. The molecule has 1 aromatic carbocycles. The van der Waals surface area contributed by atoms with E-state index in [0.29, 0.717) is 22.1 Å². The molecule has 0 aliphatic rings. The number of rotatable bonds is 4. The molecule has 0 spiro atoms. The summed E-state index contributed by atoms with van der Waals surface area (Å²) in [6.07, 6.45) is 3.26. The van der Waals surface area contributed by atoms with E-state index in [2.05, 4.69) is 20.3 Å². The number of fused-ring (bicyclic) bond motifs is 1. The van der Waals surface area contributed by atoms with Crippen molar-refractivity contribution in [3.63, 3.8) is 0 Å². The van der Waals surface area contributed by atoms with Crippen LogP contribution in [0.3, 0.4) is 0 Å². The van der Waals surface area contributed by atoms with Gasteiger partial charge in [-0.25, -0.2) is 15.0 Å². The van der Waals surface area contributed by atoms with Crippen LogP contribution in [0, 0.1) is 0 Å². The first-order valence-electron chi connectivity index (χ1n) is 6.49. The molecule has 1 N–H and O–H groups in total. The molecule has 2 heterocycles. The van der Waals surface area contributed by atoms with E-state index in [1.807, 2.05) is 11.5 Å². The fraction of sp³-hybridized carbons (Fsp3) is 0.214. The molecule has 3 rings (SSSR count). The lowest BCUT2D eigenvalue weighted by atomic mass is 10.3. The van der Waals surface area contributed by atoms with E-state index < -0.39 is 0 Å². The lowest BCUT2D eigenvalue weighted by Gasteiger charge is -2.11. The summed E-state index contributed by atoms with van der Waals surface area (Å²) in [7, 11) is 1.61. The Bertz CT molecular complexity index is 786. The third kappa shape index (κ3) is 2.50. The molecule has 21 heavy (non-hydrogen) atoms. The monoisotopic (exact) mass is 303 g/mol. The van der Waals surface area contributed by atoms with E-state index in [-0.39, 0.29) is 0 Å². The van der Waals surface area contributed by atoms with E-state index in [4.69, 9.17) is 16.3 Å². The molecule has 0 aliphatic carbocycles. The molecule has 0 radical (unpaired) electrons. The van der Waals surface area contributed by atoms with Crippen molar-refractivity contribution in [2.75, 3.05) is 12.4 Å². The van der Waals surface area contributed by atoms with Crippen molar-refractivity contribution in [3.8, 4) is 5.75 Å². The summed E-state index contributed by atoms with van der Waals surface area (Å²) in [5.41, 5.74) is 2.23. The first-order valence-corrected chi connectivity index (χ1v) is 6.87. The molecule has 0 amide bonds. The molecule has 2 aromatic heterocycles. The van der Waals surface area contributed by atoms with Gasteiger partial charge in [-0.05, 0) is 25.1 Å². The Morgan fingerprint density at radius 1 is 1.29 bits per heavy atom. The third-order valence-electron chi connectivity index (χ3n) is 3.16. The van der Waals surface area contributed by atoms with Gasteiger partial charge in [0.25, 0.3) is 0 Å². The summed E-state index contributed by atoms with van der Waals surface area (Å²) in [5.74, 6) is 1.30. The number of ether oxygens (including phenoxy) is 1. The number of aryl methyl sites for hydroxylation is 1. The normalized spacial score (nSPS) is 10.8. The number of halogens is 1. The summed E-state index contributed by atoms with van der Waals surface area (Å²) in [6, 6.07) is 5.35. The Morgan fingerprint density at radius 2 is 2.14 bits per heavy atom. The van der Waals surface area contributed by atoms with E-state index in [1.54, 1.807) is 31.6 Å². The summed E-state index contributed by atoms with van der Waals surface area (Å²) < 4.78 is 7.28. The Labute approximate surface area is 126 Å². The second kappa shape index (κ2) is 5.57. The van der Waals surface area contributed by atoms with Gasteiger partial charge in [0, 0.05) is 11.6 Å². The second-order valence-corrected chi connectivity index (χ2v) is 4.83. The molecule has 7 heteroatoms. The first-order chi connectivity index (χ1) is 10.2. The predicted octanol–water partition coefficient (Wildman–Crippen LogP) is 3.25. The second-order valence-electron chi connectivity index (χ2n) is 4.39. The van der Waals surface area contributed by atoms with E-state index >= 15 is 0 Å². The summed E-state index contributed by atoms with van der Waals surface area (Å²) in [6.45, 7) is 2.84. The van der Waals surface area contributed by atoms with Gasteiger partial charge in [0.1, 0.15) is 12.1 Å². The number of nitrogens with zero attached hydrogens (tertiary/aromatic N) is 4. The molecule has 0 saturated carbocycles. The third-order valence-corrected chi connectivity index (χ3v) is 3.39. The average molecular weight is 304 g/mol. The molecule has 6 nitrogen and oxygen atoms in total. The Morgan fingerprint density at radius 3 is 2.90 bits per heavy atom. The SMILES string of the molecule is CCn1cnc2c(Nc3cc(Cl)ccc3OC)ncnc21. The molecule has 0 atom stereocenters. The van der Waals surface area contributed by atoms with Crippen molar-refractivity contribution in [2.24, 2.45) is 0 Å². The highest BCUT2D eigenvalue weighted by atomic mass is 35.5. The van der Waals surface area contributed by atoms with E-state index in [0.717, 1.165) is 17.9 Å². The Hall–Kier alpha value is -2.34. The molecule has 3 aromatic rings. The predicted molar refractivity (Wildman–Crippen MR) is 82.3 cm³/mol. The van der Waals surface area contributed by atoms with E-state index in [9.17, 15) is 0 Å². The van der Waals surface area contributed by atoms with Gasteiger partial charge in [-0.3, -0.25) is 0 Å². The van der Waals surface area contributed by atoms with Gasteiger partial charge in [0.2, 0.25) is 0 Å². The highest BCUT2D eigenvalue weighted by Gasteiger charge is 2.11. The molecular formula is C14H14ClN5O. The number of aromatic nitrogens is 4. The van der Waals surface area contributed by atoms with Crippen LogP contribution >= 0.6 is 11.6 Å². The maximum Gasteiger partial charge on any atom is 0.165 e. The van der Waals surface area contributed by atoms with Crippen LogP contribution in [0.15, 0.2) is 30.9 Å². The maximum atomic E-state index is 6.04. The zero-order valence-corrected chi connectivity index (χ0v) is 12.4. The van der Waals surface area contributed by atoms with Gasteiger partial charge in [-0.1, -0.05) is 11.6 Å². The zero-order valence-electron chi connectivity index (χ0n) is 11.7. The minimum Gasteiger partial charge on any atom is -0.495 e. The van der Waals surface area contributed by atoms with Gasteiger partial charge in [-0.2, -0.15) is 0 Å².